The first-order valence-electron chi connectivity index (χ1n) is 5.90. The largest absolute Gasteiger partial charge is 0.373 e. The summed E-state index contributed by atoms with van der Waals surface area (Å²) in [5, 5.41) is 3.09. The molecule has 1 fully saturated rings. The van der Waals surface area contributed by atoms with E-state index in [1.807, 2.05) is 0 Å². The van der Waals surface area contributed by atoms with Crippen molar-refractivity contribution in [2.75, 3.05) is 39.0 Å². The van der Waals surface area contributed by atoms with Crippen molar-refractivity contribution >= 4 is 29.2 Å². The number of aromatic nitrogens is 1. The highest BCUT2D eigenvalue weighted by atomic mass is 35.5. The molecule has 6 nitrogen and oxygen atoms in total. The predicted octanol–water partition coefficient (Wildman–Crippen LogP) is 0.691. The van der Waals surface area contributed by atoms with E-state index < -0.39 is 0 Å². The molecule has 1 saturated heterocycles. The van der Waals surface area contributed by atoms with Crippen LogP contribution in [0.1, 0.15) is 10.4 Å². The van der Waals surface area contributed by atoms with Gasteiger partial charge in [0.15, 0.2) is 0 Å². The van der Waals surface area contributed by atoms with Crippen LogP contribution in [0.2, 0.25) is 5.15 Å². The molecule has 0 spiro atoms. The first-order chi connectivity index (χ1) is 9.01. The second-order valence-corrected chi connectivity index (χ2v) is 4.74. The van der Waals surface area contributed by atoms with Crippen LogP contribution >= 0.6 is 11.6 Å². The van der Waals surface area contributed by atoms with Crippen LogP contribution in [0.25, 0.3) is 0 Å². The average Bonchev–Trinajstić information content (AvgIpc) is 2.40. The fourth-order valence-corrected chi connectivity index (χ4v) is 2.07. The highest BCUT2D eigenvalue weighted by Gasteiger charge is 2.26. The topological polar surface area (TPSA) is 65.5 Å². The lowest BCUT2D eigenvalue weighted by molar-refractivity contribution is -0.133. The molecule has 0 aliphatic carbocycles. The molecule has 19 heavy (non-hydrogen) atoms. The van der Waals surface area contributed by atoms with Crippen LogP contribution in [-0.2, 0) is 4.79 Å². The summed E-state index contributed by atoms with van der Waals surface area (Å²) in [5.41, 5.74) is 0.432. The van der Waals surface area contributed by atoms with Gasteiger partial charge in [-0.1, -0.05) is 11.6 Å². The third-order valence-corrected chi connectivity index (χ3v) is 3.24. The minimum atomic E-state index is -0.206. The number of nitrogens with zero attached hydrogens (tertiary/aromatic N) is 3. The maximum Gasteiger partial charge on any atom is 0.254 e. The van der Waals surface area contributed by atoms with Crippen molar-refractivity contribution in [1.82, 2.24) is 14.8 Å². The van der Waals surface area contributed by atoms with Crippen molar-refractivity contribution in [2.45, 2.75) is 0 Å². The minimum Gasteiger partial charge on any atom is -0.373 e. The van der Waals surface area contributed by atoms with Gasteiger partial charge in [-0.25, -0.2) is 4.98 Å². The lowest BCUT2D eigenvalue weighted by Gasteiger charge is -2.32. The number of piperazine rings is 1. The Morgan fingerprint density at radius 3 is 2.79 bits per heavy atom. The number of anilines is 1. The normalized spacial score (nSPS) is 15.6. The lowest BCUT2D eigenvalue weighted by atomic mass is 10.2. The summed E-state index contributed by atoms with van der Waals surface area (Å²) in [7, 11) is 3.43. The number of halogens is 1. The van der Waals surface area contributed by atoms with Gasteiger partial charge in [0.2, 0.25) is 5.91 Å². The van der Waals surface area contributed by atoms with Crippen LogP contribution in [0, 0.1) is 0 Å². The molecule has 2 heterocycles. The SMILES string of the molecule is CNc1cc(C(=O)N2CCN(C)C(=O)C2)cc(Cl)n1. The summed E-state index contributed by atoms with van der Waals surface area (Å²) in [6.07, 6.45) is 0. The molecule has 0 aromatic carbocycles. The second kappa shape index (κ2) is 5.44. The molecular weight excluding hydrogens is 268 g/mol. The van der Waals surface area contributed by atoms with E-state index in [0.29, 0.717) is 24.5 Å². The Morgan fingerprint density at radius 1 is 1.42 bits per heavy atom. The first-order valence-corrected chi connectivity index (χ1v) is 6.27. The fourth-order valence-electron chi connectivity index (χ4n) is 1.86. The third-order valence-electron chi connectivity index (χ3n) is 3.04. The second-order valence-electron chi connectivity index (χ2n) is 4.36. The van der Waals surface area contributed by atoms with Crippen LogP contribution in [-0.4, -0.2) is 60.3 Å². The Balaban J connectivity index is 2.20. The predicted molar refractivity (Wildman–Crippen MR) is 72.3 cm³/mol. The Labute approximate surface area is 116 Å². The van der Waals surface area contributed by atoms with Gasteiger partial charge in [0.05, 0.1) is 0 Å². The highest BCUT2D eigenvalue weighted by Crippen LogP contribution is 2.16. The third kappa shape index (κ3) is 2.96. The molecule has 1 aliphatic heterocycles. The zero-order valence-electron chi connectivity index (χ0n) is 10.8. The Kier molecular flexibility index (Phi) is 3.90. The standard InChI is InChI=1S/C12H15ClN4O2/c1-14-10-6-8(5-9(13)15-10)12(19)17-4-3-16(2)11(18)7-17/h5-6H,3-4,7H2,1-2H3,(H,14,15). The molecular formula is C12H15ClN4O2. The van der Waals surface area contributed by atoms with Gasteiger partial charge in [0.25, 0.3) is 5.91 Å². The molecule has 2 rings (SSSR count). The maximum atomic E-state index is 12.3. The lowest BCUT2D eigenvalue weighted by Crippen LogP contribution is -2.50. The molecule has 7 heteroatoms. The first kappa shape index (κ1) is 13.6. The van der Waals surface area contributed by atoms with Crippen molar-refractivity contribution in [3.63, 3.8) is 0 Å². The molecule has 1 aliphatic rings. The number of hydrogen-bond acceptors (Lipinski definition) is 4. The number of likely N-dealkylation sites (N-methyl/N-ethyl adjacent to an activating group) is 1. The Hall–Kier alpha value is -1.82. The monoisotopic (exact) mass is 282 g/mol. The van der Waals surface area contributed by atoms with Crippen molar-refractivity contribution in [1.29, 1.82) is 0 Å². The highest BCUT2D eigenvalue weighted by molar-refractivity contribution is 6.29. The van der Waals surface area contributed by atoms with Gasteiger partial charge in [0, 0.05) is 32.7 Å². The zero-order valence-corrected chi connectivity index (χ0v) is 11.6. The molecule has 1 aromatic heterocycles. The Morgan fingerprint density at radius 2 is 2.16 bits per heavy atom. The number of amides is 2. The van der Waals surface area contributed by atoms with Gasteiger partial charge < -0.3 is 15.1 Å². The molecule has 2 amide bonds. The molecule has 0 bridgehead atoms. The van der Waals surface area contributed by atoms with Gasteiger partial charge in [-0.15, -0.1) is 0 Å². The summed E-state index contributed by atoms with van der Waals surface area (Å²) in [5.74, 6) is 0.257. The van der Waals surface area contributed by atoms with E-state index in [9.17, 15) is 9.59 Å². The smallest absolute Gasteiger partial charge is 0.254 e. The summed E-state index contributed by atoms with van der Waals surface area (Å²) in [6, 6.07) is 3.13. The van der Waals surface area contributed by atoms with Gasteiger partial charge in [-0.3, -0.25) is 9.59 Å². The van der Waals surface area contributed by atoms with Gasteiger partial charge in [0.1, 0.15) is 17.5 Å². The van der Waals surface area contributed by atoms with E-state index in [4.69, 9.17) is 11.6 Å². The number of carbonyl (C=O) groups is 2. The molecule has 1 aromatic rings. The van der Waals surface area contributed by atoms with Crippen molar-refractivity contribution in [3.8, 4) is 0 Å². The van der Waals surface area contributed by atoms with Crippen LogP contribution in [0.5, 0.6) is 0 Å². The van der Waals surface area contributed by atoms with Crippen LogP contribution in [0.15, 0.2) is 12.1 Å². The molecule has 0 atom stereocenters. The summed E-state index contributed by atoms with van der Waals surface area (Å²) in [4.78, 5) is 31.1. The van der Waals surface area contributed by atoms with E-state index in [1.165, 1.54) is 11.0 Å². The Bertz CT molecular complexity index is 520. The number of nitrogens with one attached hydrogen (secondary N) is 1. The average molecular weight is 283 g/mol. The maximum absolute atomic E-state index is 12.3. The van der Waals surface area contributed by atoms with E-state index in [0.717, 1.165) is 0 Å². The fraction of sp³-hybridized carbons (Fsp3) is 0.417. The number of hydrogen-bond donors (Lipinski definition) is 1. The van der Waals surface area contributed by atoms with Crippen molar-refractivity contribution in [2.24, 2.45) is 0 Å². The molecule has 1 N–H and O–H groups in total. The number of carbonyl (C=O) groups excluding carboxylic acids is 2. The summed E-state index contributed by atoms with van der Waals surface area (Å²) in [6.45, 7) is 1.17. The van der Waals surface area contributed by atoms with Crippen LogP contribution in [0.3, 0.4) is 0 Å². The zero-order chi connectivity index (χ0) is 14.0. The van der Waals surface area contributed by atoms with E-state index in [1.54, 1.807) is 25.1 Å². The van der Waals surface area contributed by atoms with Crippen LogP contribution in [0.4, 0.5) is 5.82 Å². The van der Waals surface area contributed by atoms with Crippen molar-refractivity contribution < 1.29 is 9.59 Å². The summed E-state index contributed by atoms with van der Waals surface area (Å²) < 4.78 is 0. The number of rotatable bonds is 2. The molecule has 0 saturated carbocycles. The number of pyridine rings is 1. The van der Waals surface area contributed by atoms with Gasteiger partial charge in [-0.05, 0) is 12.1 Å². The minimum absolute atomic E-state index is 0.0615. The van der Waals surface area contributed by atoms with Crippen LogP contribution < -0.4 is 5.32 Å². The van der Waals surface area contributed by atoms with E-state index in [2.05, 4.69) is 10.3 Å². The summed E-state index contributed by atoms with van der Waals surface area (Å²) >= 11 is 5.87. The molecule has 0 unspecified atom stereocenters. The molecule has 102 valence electrons. The van der Waals surface area contributed by atoms with Gasteiger partial charge in [-0.2, -0.15) is 0 Å². The quantitative estimate of drug-likeness (QED) is 0.811. The van der Waals surface area contributed by atoms with E-state index >= 15 is 0 Å². The van der Waals surface area contributed by atoms with Gasteiger partial charge >= 0.3 is 0 Å². The van der Waals surface area contributed by atoms with Crippen molar-refractivity contribution in [3.05, 3.63) is 22.8 Å². The van der Waals surface area contributed by atoms with E-state index in [-0.39, 0.29) is 23.5 Å². The molecule has 0 radical (unpaired) electrons.